The number of hydrogen-bond donors (Lipinski definition) is 1. The zero-order valence-corrected chi connectivity index (χ0v) is 12.0. The normalized spacial score (nSPS) is 25.1. The standard InChI is InChI=1S/C15H19F3O3/c1-14(6-3-7-15(16,17)18)9-12(19)11-8-10(20-2)4-5-13(11)21-14/h4-5,8,12,19H,3,6-7,9H2,1-2H3/t12-,14?/m1/s1. The van der Waals surface area contributed by atoms with Gasteiger partial charge < -0.3 is 14.6 Å². The van der Waals surface area contributed by atoms with Crippen molar-refractivity contribution in [3.63, 3.8) is 0 Å². The number of fused-ring (bicyclic) bond motifs is 1. The number of rotatable bonds is 4. The van der Waals surface area contributed by atoms with Crippen LogP contribution in [0.4, 0.5) is 13.2 Å². The number of halogens is 3. The van der Waals surface area contributed by atoms with Crippen molar-refractivity contribution in [1.29, 1.82) is 0 Å². The van der Waals surface area contributed by atoms with Crippen LogP contribution in [0.2, 0.25) is 0 Å². The molecular weight excluding hydrogens is 285 g/mol. The van der Waals surface area contributed by atoms with Crippen molar-refractivity contribution in [3.8, 4) is 11.5 Å². The molecule has 1 unspecified atom stereocenters. The molecule has 3 nitrogen and oxygen atoms in total. The smallest absolute Gasteiger partial charge is 0.389 e. The fourth-order valence-corrected chi connectivity index (χ4v) is 2.65. The Kier molecular flexibility index (Phi) is 4.37. The Morgan fingerprint density at radius 3 is 2.76 bits per heavy atom. The minimum atomic E-state index is -4.16. The summed E-state index contributed by atoms with van der Waals surface area (Å²) < 4.78 is 47.6. The molecule has 0 spiro atoms. The zero-order chi connectivity index (χ0) is 15.7. The third-order valence-corrected chi connectivity index (χ3v) is 3.72. The molecule has 1 aliphatic heterocycles. The number of methoxy groups -OCH3 is 1. The maximum Gasteiger partial charge on any atom is 0.389 e. The molecule has 1 aliphatic rings. The largest absolute Gasteiger partial charge is 0.497 e. The molecule has 1 aromatic rings. The molecule has 2 rings (SSSR count). The Morgan fingerprint density at radius 2 is 2.14 bits per heavy atom. The first kappa shape index (κ1) is 15.9. The lowest BCUT2D eigenvalue weighted by Gasteiger charge is -2.38. The van der Waals surface area contributed by atoms with Crippen LogP contribution in [-0.4, -0.2) is 24.0 Å². The highest BCUT2D eigenvalue weighted by Crippen LogP contribution is 2.43. The summed E-state index contributed by atoms with van der Waals surface area (Å²) in [5.41, 5.74) is -0.172. The van der Waals surface area contributed by atoms with Gasteiger partial charge in [0.15, 0.2) is 0 Å². The van der Waals surface area contributed by atoms with Crippen molar-refractivity contribution in [2.45, 2.75) is 50.5 Å². The van der Waals surface area contributed by atoms with Gasteiger partial charge in [-0.3, -0.25) is 0 Å². The fourth-order valence-electron chi connectivity index (χ4n) is 2.65. The van der Waals surface area contributed by atoms with Gasteiger partial charge in [-0.15, -0.1) is 0 Å². The molecule has 6 heteroatoms. The zero-order valence-electron chi connectivity index (χ0n) is 12.0. The molecule has 0 saturated carbocycles. The first-order valence-corrected chi connectivity index (χ1v) is 6.84. The molecule has 1 heterocycles. The van der Waals surface area contributed by atoms with Crippen molar-refractivity contribution in [2.75, 3.05) is 7.11 Å². The third kappa shape index (κ3) is 4.03. The van der Waals surface area contributed by atoms with Gasteiger partial charge in [-0.25, -0.2) is 0 Å². The van der Waals surface area contributed by atoms with Crippen molar-refractivity contribution in [3.05, 3.63) is 23.8 Å². The second-order valence-electron chi connectivity index (χ2n) is 5.64. The van der Waals surface area contributed by atoms with Gasteiger partial charge in [0, 0.05) is 18.4 Å². The maximum atomic E-state index is 12.2. The van der Waals surface area contributed by atoms with Crippen LogP contribution in [0.25, 0.3) is 0 Å². The quantitative estimate of drug-likeness (QED) is 0.913. The maximum absolute atomic E-state index is 12.2. The molecule has 21 heavy (non-hydrogen) atoms. The van der Waals surface area contributed by atoms with E-state index >= 15 is 0 Å². The SMILES string of the molecule is COc1ccc2c(c1)[C@H](O)CC(C)(CCCC(F)(F)F)O2. The molecular formula is C15H19F3O3. The van der Waals surface area contributed by atoms with Gasteiger partial charge in [-0.05, 0) is 38.0 Å². The summed E-state index contributed by atoms with van der Waals surface area (Å²) in [4.78, 5) is 0. The van der Waals surface area contributed by atoms with Gasteiger partial charge in [0.05, 0.1) is 13.2 Å². The Labute approximate surface area is 121 Å². The van der Waals surface area contributed by atoms with Crippen molar-refractivity contribution in [1.82, 2.24) is 0 Å². The first-order valence-electron chi connectivity index (χ1n) is 6.84. The minimum absolute atomic E-state index is 0.0157. The molecule has 118 valence electrons. The molecule has 0 bridgehead atoms. The molecule has 0 fully saturated rings. The van der Waals surface area contributed by atoms with Crippen LogP contribution in [-0.2, 0) is 0 Å². The van der Waals surface area contributed by atoms with E-state index in [1.54, 1.807) is 25.1 Å². The monoisotopic (exact) mass is 304 g/mol. The lowest BCUT2D eigenvalue weighted by molar-refractivity contribution is -0.138. The Morgan fingerprint density at radius 1 is 1.43 bits per heavy atom. The van der Waals surface area contributed by atoms with Crippen LogP contribution in [0.5, 0.6) is 11.5 Å². The fraction of sp³-hybridized carbons (Fsp3) is 0.600. The summed E-state index contributed by atoms with van der Waals surface area (Å²) in [6.07, 6.45) is -5.26. The lowest BCUT2D eigenvalue weighted by Crippen LogP contribution is -2.38. The van der Waals surface area contributed by atoms with Crippen LogP contribution in [0.15, 0.2) is 18.2 Å². The van der Waals surface area contributed by atoms with E-state index in [2.05, 4.69) is 0 Å². The molecule has 1 aromatic carbocycles. The van der Waals surface area contributed by atoms with E-state index in [9.17, 15) is 18.3 Å². The number of ether oxygens (including phenoxy) is 2. The molecule has 0 aromatic heterocycles. The van der Waals surface area contributed by atoms with Gasteiger partial charge in [0.25, 0.3) is 0 Å². The van der Waals surface area contributed by atoms with Crippen molar-refractivity contribution >= 4 is 0 Å². The lowest BCUT2D eigenvalue weighted by atomic mass is 9.86. The number of benzene rings is 1. The molecule has 2 atom stereocenters. The number of hydrogen-bond acceptors (Lipinski definition) is 3. The average Bonchev–Trinajstić information content (AvgIpc) is 2.36. The summed E-state index contributed by atoms with van der Waals surface area (Å²) >= 11 is 0. The summed E-state index contributed by atoms with van der Waals surface area (Å²) in [5, 5.41) is 10.2. The second kappa shape index (κ2) is 5.75. The Hall–Kier alpha value is -1.43. The van der Waals surface area contributed by atoms with E-state index in [0.29, 0.717) is 17.1 Å². The molecule has 0 radical (unpaired) electrons. The van der Waals surface area contributed by atoms with Gasteiger partial charge in [-0.1, -0.05) is 0 Å². The molecule has 1 N–H and O–H groups in total. The topological polar surface area (TPSA) is 38.7 Å². The molecule has 0 amide bonds. The Balaban J connectivity index is 2.08. The van der Waals surface area contributed by atoms with E-state index < -0.39 is 24.3 Å². The molecule has 0 saturated heterocycles. The van der Waals surface area contributed by atoms with E-state index in [0.717, 1.165) is 0 Å². The summed E-state index contributed by atoms with van der Waals surface area (Å²) in [5.74, 6) is 1.11. The average molecular weight is 304 g/mol. The van der Waals surface area contributed by atoms with E-state index in [4.69, 9.17) is 9.47 Å². The van der Waals surface area contributed by atoms with Crippen LogP contribution >= 0.6 is 0 Å². The highest BCUT2D eigenvalue weighted by Gasteiger charge is 2.37. The number of aliphatic hydroxyl groups is 1. The van der Waals surface area contributed by atoms with Crippen LogP contribution in [0, 0.1) is 0 Å². The van der Waals surface area contributed by atoms with Crippen LogP contribution in [0.1, 0.15) is 44.3 Å². The van der Waals surface area contributed by atoms with Gasteiger partial charge in [0.2, 0.25) is 0 Å². The summed E-state index contributed by atoms with van der Waals surface area (Å²) in [6, 6.07) is 5.07. The number of alkyl halides is 3. The predicted octanol–water partition coefficient (Wildman–Crippen LogP) is 4.00. The second-order valence-corrected chi connectivity index (χ2v) is 5.64. The summed E-state index contributed by atoms with van der Waals surface area (Å²) in [6.45, 7) is 1.74. The summed E-state index contributed by atoms with van der Waals surface area (Å²) in [7, 11) is 1.53. The number of aliphatic hydroxyl groups excluding tert-OH is 1. The Bertz CT molecular complexity index is 501. The van der Waals surface area contributed by atoms with E-state index in [-0.39, 0.29) is 19.3 Å². The van der Waals surface area contributed by atoms with Crippen molar-refractivity contribution < 1.29 is 27.8 Å². The van der Waals surface area contributed by atoms with Crippen LogP contribution < -0.4 is 9.47 Å². The van der Waals surface area contributed by atoms with E-state index in [1.807, 2.05) is 0 Å². The van der Waals surface area contributed by atoms with Gasteiger partial charge in [0.1, 0.15) is 17.1 Å². The van der Waals surface area contributed by atoms with E-state index in [1.165, 1.54) is 7.11 Å². The van der Waals surface area contributed by atoms with Crippen molar-refractivity contribution in [2.24, 2.45) is 0 Å². The molecule has 0 aliphatic carbocycles. The van der Waals surface area contributed by atoms with Crippen LogP contribution in [0.3, 0.4) is 0 Å². The predicted molar refractivity (Wildman–Crippen MR) is 71.5 cm³/mol. The minimum Gasteiger partial charge on any atom is -0.497 e. The highest BCUT2D eigenvalue weighted by molar-refractivity contribution is 5.43. The van der Waals surface area contributed by atoms with Gasteiger partial charge in [-0.2, -0.15) is 13.2 Å². The van der Waals surface area contributed by atoms with Gasteiger partial charge >= 0.3 is 6.18 Å². The first-order chi connectivity index (χ1) is 9.72. The highest BCUT2D eigenvalue weighted by atomic mass is 19.4. The third-order valence-electron chi connectivity index (χ3n) is 3.72.